The fraction of sp³-hybridized carbons (Fsp3) is 0.810. The first-order valence-electron chi connectivity index (χ1n) is 10.0. The van der Waals surface area contributed by atoms with E-state index in [2.05, 4.69) is 23.8 Å². The summed E-state index contributed by atoms with van der Waals surface area (Å²) in [5, 5.41) is 0. The molecule has 0 saturated carbocycles. The summed E-state index contributed by atoms with van der Waals surface area (Å²) in [5.41, 5.74) is 0. The number of esters is 1. The molecule has 0 saturated heterocycles. The van der Waals surface area contributed by atoms with E-state index in [1.165, 1.54) is 64.2 Å². The second-order valence-electron chi connectivity index (χ2n) is 6.66. The minimum Gasteiger partial charge on any atom is -0.395 e. The Labute approximate surface area is 149 Å². The van der Waals surface area contributed by atoms with E-state index in [9.17, 15) is 9.59 Å². The highest BCUT2D eigenvalue weighted by Crippen LogP contribution is 2.16. The van der Waals surface area contributed by atoms with Crippen LogP contribution >= 0.6 is 0 Å². The van der Waals surface area contributed by atoms with Gasteiger partial charge in [0.2, 0.25) is 0 Å². The van der Waals surface area contributed by atoms with Crippen LogP contribution in [0, 0.1) is 5.92 Å². The van der Waals surface area contributed by atoms with Crippen molar-refractivity contribution in [2.24, 2.45) is 5.92 Å². The summed E-state index contributed by atoms with van der Waals surface area (Å²) in [6.07, 6.45) is 21.4. The predicted octanol–water partition coefficient (Wildman–Crippen LogP) is 6.36. The molecule has 24 heavy (non-hydrogen) atoms. The van der Waals surface area contributed by atoms with Crippen LogP contribution in [-0.4, -0.2) is 12.4 Å². The Morgan fingerprint density at radius 1 is 0.833 bits per heavy atom. The molecule has 0 bridgehead atoms. The first-order valence-corrected chi connectivity index (χ1v) is 10.0. The smallest absolute Gasteiger partial charge is 0.316 e. The Hall–Kier alpha value is -1.12. The number of allylic oxidation sites excluding steroid dienone is 2. The maximum atomic E-state index is 11.5. The van der Waals surface area contributed by atoms with Gasteiger partial charge in [0.05, 0.1) is 5.92 Å². The van der Waals surface area contributed by atoms with E-state index >= 15 is 0 Å². The Balaban J connectivity index is 3.39. The zero-order valence-corrected chi connectivity index (χ0v) is 15.9. The van der Waals surface area contributed by atoms with E-state index in [1.807, 2.05) is 6.92 Å². The number of unbranched alkanes of at least 4 members (excludes halogenated alkanes) is 10. The second kappa shape index (κ2) is 18.2. The summed E-state index contributed by atoms with van der Waals surface area (Å²) >= 11 is 0. The van der Waals surface area contributed by atoms with Crippen molar-refractivity contribution in [1.29, 1.82) is 0 Å². The molecule has 0 aromatic heterocycles. The van der Waals surface area contributed by atoms with Gasteiger partial charge in [0, 0.05) is 0 Å². The van der Waals surface area contributed by atoms with Crippen LogP contribution in [0.3, 0.4) is 0 Å². The standard InChI is InChI=1S/C21H38O3/c1-3-5-6-7-8-9-10-11-12-13-14-15-16-17-18-20(4-2)21(23)24-19-22/h11-12,19-20H,3-10,13-18H2,1-2H3/b12-11-. The lowest BCUT2D eigenvalue weighted by atomic mass is 9.98. The van der Waals surface area contributed by atoms with Gasteiger partial charge in [0.15, 0.2) is 0 Å². The van der Waals surface area contributed by atoms with Crippen LogP contribution in [0.1, 0.15) is 104 Å². The third kappa shape index (κ3) is 14.5. The van der Waals surface area contributed by atoms with Crippen LogP contribution in [0.15, 0.2) is 12.2 Å². The number of ether oxygens (including phenoxy) is 1. The van der Waals surface area contributed by atoms with Crippen LogP contribution in [0.25, 0.3) is 0 Å². The highest BCUT2D eigenvalue weighted by molar-refractivity contribution is 5.78. The topological polar surface area (TPSA) is 43.4 Å². The average Bonchev–Trinajstić information content (AvgIpc) is 2.58. The molecule has 0 rings (SSSR count). The van der Waals surface area contributed by atoms with Crippen molar-refractivity contribution in [2.45, 2.75) is 104 Å². The van der Waals surface area contributed by atoms with Crippen LogP contribution in [0.4, 0.5) is 0 Å². The van der Waals surface area contributed by atoms with Gasteiger partial charge < -0.3 is 4.74 Å². The van der Waals surface area contributed by atoms with E-state index in [0.29, 0.717) is 0 Å². The van der Waals surface area contributed by atoms with Gasteiger partial charge in [0.1, 0.15) is 0 Å². The number of carbonyl (C=O) groups is 2. The maximum Gasteiger partial charge on any atom is 0.316 e. The largest absolute Gasteiger partial charge is 0.395 e. The number of hydrogen-bond acceptors (Lipinski definition) is 3. The van der Waals surface area contributed by atoms with Crippen molar-refractivity contribution in [3.8, 4) is 0 Å². The molecule has 0 N–H and O–H groups in total. The average molecular weight is 339 g/mol. The first-order chi connectivity index (χ1) is 11.8. The van der Waals surface area contributed by atoms with Crippen molar-refractivity contribution < 1.29 is 14.3 Å². The number of hydrogen-bond donors (Lipinski definition) is 0. The van der Waals surface area contributed by atoms with E-state index < -0.39 is 0 Å². The van der Waals surface area contributed by atoms with Gasteiger partial charge in [-0.1, -0.05) is 77.4 Å². The van der Waals surface area contributed by atoms with E-state index in [1.54, 1.807) is 0 Å². The van der Waals surface area contributed by atoms with Gasteiger partial charge >= 0.3 is 12.4 Å². The summed E-state index contributed by atoms with van der Waals surface area (Å²) in [6, 6.07) is 0. The van der Waals surface area contributed by atoms with Gasteiger partial charge in [-0.15, -0.1) is 0 Å². The quantitative estimate of drug-likeness (QED) is 0.102. The second-order valence-corrected chi connectivity index (χ2v) is 6.66. The summed E-state index contributed by atoms with van der Waals surface area (Å²) in [4.78, 5) is 21.7. The molecule has 0 aliphatic heterocycles. The zero-order chi connectivity index (χ0) is 17.9. The minimum absolute atomic E-state index is 0.118. The summed E-state index contributed by atoms with van der Waals surface area (Å²) < 4.78 is 4.44. The molecule has 0 aliphatic carbocycles. The molecule has 0 radical (unpaired) electrons. The van der Waals surface area contributed by atoms with Crippen LogP contribution in [0.2, 0.25) is 0 Å². The Morgan fingerprint density at radius 3 is 1.92 bits per heavy atom. The fourth-order valence-electron chi connectivity index (χ4n) is 2.92. The van der Waals surface area contributed by atoms with Crippen molar-refractivity contribution in [3.63, 3.8) is 0 Å². The highest BCUT2D eigenvalue weighted by atomic mass is 16.6. The molecule has 1 unspecified atom stereocenters. The third-order valence-electron chi connectivity index (χ3n) is 4.55. The lowest BCUT2D eigenvalue weighted by Crippen LogP contribution is -2.16. The SMILES string of the molecule is CCCCCCCC/C=C\CCCCCCC(CC)C(=O)OC=O. The summed E-state index contributed by atoms with van der Waals surface area (Å²) in [5.74, 6) is -0.488. The molecule has 0 spiro atoms. The lowest BCUT2D eigenvalue weighted by Gasteiger charge is -2.10. The number of rotatable bonds is 17. The normalized spacial score (nSPS) is 12.4. The van der Waals surface area contributed by atoms with Crippen molar-refractivity contribution in [2.75, 3.05) is 0 Å². The summed E-state index contributed by atoms with van der Waals surface area (Å²) in [7, 11) is 0. The predicted molar refractivity (Wildman–Crippen MR) is 101 cm³/mol. The van der Waals surface area contributed by atoms with E-state index in [4.69, 9.17) is 0 Å². The molecule has 0 aromatic carbocycles. The first kappa shape index (κ1) is 22.9. The molecule has 1 atom stereocenters. The Bertz CT molecular complexity index is 323. The molecule has 0 heterocycles. The molecule has 0 fully saturated rings. The minimum atomic E-state index is -0.370. The van der Waals surface area contributed by atoms with Crippen molar-refractivity contribution >= 4 is 12.4 Å². The Kier molecular flexibility index (Phi) is 17.4. The van der Waals surface area contributed by atoms with E-state index in [-0.39, 0.29) is 18.4 Å². The van der Waals surface area contributed by atoms with Crippen molar-refractivity contribution in [3.05, 3.63) is 12.2 Å². The molecule has 0 aromatic rings. The monoisotopic (exact) mass is 338 g/mol. The van der Waals surface area contributed by atoms with Gasteiger partial charge in [0.25, 0.3) is 0 Å². The number of carbonyl (C=O) groups excluding carboxylic acids is 2. The Morgan fingerprint density at radius 2 is 1.38 bits per heavy atom. The highest BCUT2D eigenvalue weighted by Gasteiger charge is 2.17. The molecule has 0 aliphatic rings. The van der Waals surface area contributed by atoms with Crippen LogP contribution < -0.4 is 0 Å². The lowest BCUT2D eigenvalue weighted by molar-refractivity contribution is -0.155. The van der Waals surface area contributed by atoms with Gasteiger partial charge in [-0.3, -0.25) is 9.59 Å². The van der Waals surface area contributed by atoms with Gasteiger partial charge in [-0.05, 0) is 38.5 Å². The zero-order valence-electron chi connectivity index (χ0n) is 15.9. The molecule has 3 heteroatoms. The van der Waals surface area contributed by atoms with E-state index in [0.717, 1.165) is 25.7 Å². The van der Waals surface area contributed by atoms with Crippen molar-refractivity contribution in [1.82, 2.24) is 0 Å². The van der Waals surface area contributed by atoms with Crippen LogP contribution in [-0.2, 0) is 14.3 Å². The maximum absolute atomic E-state index is 11.5. The molecular weight excluding hydrogens is 300 g/mol. The van der Waals surface area contributed by atoms with Gasteiger partial charge in [-0.25, -0.2) is 0 Å². The van der Waals surface area contributed by atoms with Gasteiger partial charge in [-0.2, -0.15) is 0 Å². The summed E-state index contributed by atoms with van der Waals surface area (Å²) in [6.45, 7) is 4.46. The molecular formula is C21H38O3. The van der Waals surface area contributed by atoms with Crippen LogP contribution in [0.5, 0.6) is 0 Å². The molecule has 3 nitrogen and oxygen atoms in total. The fourth-order valence-corrected chi connectivity index (χ4v) is 2.92. The molecule has 140 valence electrons. The molecule has 0 amide bonds. The third-order valence-corrected chi connectivity index (χ3v) is 4.55.